The summed E-state index contributed by atoms with van der Waals surface area (Å²) in [5, 5.41) is 0. The molecule has 1 unspecified atom stereocenters. The third kappa shape index (κ3) is 3.76. The summed E-state index contributed by atoms with van der Waals surface area (Å²) in [7, 11) is 1.97. The fourth-order valence-corrected chi connectivity index (χ4v) is 3.44. The zero-order valence-corrected chi connectivity index (χ0v) is 14.9. The van der Waals surface area contributed by atoms with Gasteiger partial charge < -0.3 is 9.47 Å². The van der Waals surface area contributed by atoms with Crippen LogP contribution in [0.2, 0.25) is 0 Å². The maximum absolute atomic E-state index is 12.7. The molecule has 7 heteroatoms. The first kappa shape index (κ1) is 18.5. The second-order valence-electron chi connectivity index (χ2n) is 6.78. The molecule has 1 atom stereocenters. The van der Waals surface area contributed by atoms with Crippen molar-refractivity contribution < 1.29 is 18.0 Å². The molecule has 1 aliphatic heterocycles. The van der Waals surface area contributed by atoms with Gasteiger partial charge in [0.15, 0.2) is 0 Å². The Morgan fingerprint density at radius 1 is 1.27 bits per heavy atom. The monoisotopic (exact) mass is 365 g/mol. The van der Waals surface area contributed by atoms with E-state index in [4.69, 9.17) is 0 Å². The zero-order valence-electron chi connectivity index (χ0n) is 14.9. The van der Waals surface area contributed by atoms with Crippen molar-refractivity contribution in [1.29, 1.82) is 0 Å². The van der Waals surface area contributed by atoms with E-state index in [0.29, 0.717) is 12.1 Å². The summed E-state index contributed by atoms with van der Waals surface area (Å²) in [5.74, 6) is 0.786. The van der Waals surface area contributed by atoms with Crippen molar-refractivity contribution in [3.05, 3.63) is 53.1 Å². The topological polar surface area (TPSA) is 38.1 Å². The number of imidazole rings is 1. The number of likely N-dealkylation sites (tertiary alicyclic amines) is 1. The van der Waals surface area contributed by atoms with E-state index in [0.717, 1.165) is 49.3 Å². The number of hydrogen-bond acceptors (Lipinski definition) is 2. The van der Waals surface area contributed by atoms with E-state index in [2.05, 4.69) is 4.98 Å². The molecule has 0 spiro atoms. The minimum absolute atomic E-state index is 0.0989. The van der Waals surface area contributed by atoms with Crippen LogP contribution in [0.3, 0.4) is 0 Å². The van der Waals surface area contributed by atoms with E-state index < -0.39 is 11.7 Å². The average molecular weight is 365 g/mol. The first-order chi connectivity index (χ1) is 12.3. The van der Waals surface area contributed by atoms with Gasteiger partial charge in [-0.25, -0.2) is 4.98 Å². The summed E-state index contributed by atoms with van der Waals surface area (Å²) in [6, 6.07) is 4.57. The van der Waals surface area contributed by atoms with E-state index in [1.165, 1.54) is 12.1 Å². The van der Waals surface area contributed by atoms with Crippen LogP contribution in [0, 0.1) is 6.92 Å². The highest BCUT2D eigenvalue weighted by Crippen LogP contribution is 2.30. The second kappa shape index (κ2) is 7.13. The minimum atomic E-state index is -4.39. The van der Waals surface area contributed by atoms with Crippen molar-refractivity contribution in [3.63, 3.8) is 0 Å². The fourth-order valence-electron chi connectivity index (χ4n) is 3.44. The largest absolute Gasteiger partial charge is 0.416 e. The SMILES string of the molecule is Cc1cnc(CCC2CCCN2C(=O)c2ccc(C(F)(F)F)cc2)n1C. The molecule has 1 saturated heterocycles. The molecule has 1 amide bonds. The van der Waals surface area contributed by atoms with Gasteiger partial charge in [0.05, 0.1) is 5.56 Å². The predicted octanol–water partition coefficient (Wildman–Crippen LogP) is 3.98. The van der Waals surface area contributed by atoms with Gasteiger partial charge in [-0.3, -0.25) is 4.79 Å². The smallest absolute Gasteiger partial charge is 0.336 e. The number of alkyl halides is 3. The van der Waals surface area contributed by atoms with Crippen molar-refractivity contribution in [2.45, 2.75) is 44.8 Å². The average Bonchev–Trinajstić information content (AvgIpc) is 3.19. The number of carbonyl (C=O) groups is 1. The van der Waals surface area contributed by atoms with Crippen LogP contribution in [-0.2, 0) is 19.6 Å². The van der Waals surface area contributed by atoms with Crippen LogP contribution in [0.25, 0.3) is 0 Å². The molecule has 0 aliphatic carbocycles. The molecule has 0 radical (unpaired) electrons. The molecule has 2 heterocycles. The van der Waals surface area contributed by atoms with Gasteiger partial charge in [0, 0.05) is 43.5 Å². The van der Waals surface area contributed by atoms with Crippen molar-refractivity contribution >= 4 is 5.91 Å². The summed E-state index contributed by atoms with van der Waals surface area (Å²) in [6.45, 7) is 2.64. The summed E-state index contributed by atoms with van der Waals surface area (Å²) < 4.78 is 40.1. The molecule has 1 fully saturated rings. The molecule has 4 nitrogen and oxygen atoms in total. The van der Waals surface area contributed by atoms with E-state index in [1.54, 1.807) is 4.90 Å². The molecule has 1 aliphatic rings. The molecular weight excluding hydrogens is 343 g/mol. The Balaban J connectivity index is 1.67. The lowest BCUT2D eigenvalue weighted by atomic mass is 10.1. The van der Waals surface area contributed by atoms with Crippen LogP contribution in [0.4, 0.5) is 13.2 Å². The normalized spacial score (nSPS) is 17.7. The Morgan fingerprint density at radius 2 is 1.96 bits per heavy atom. The molecule has 140 valence electrons. The van der Waals surface area contributed by atoms with Crippen molar-refractivity contribution in [2.75, 3.05) is 6.54 Å². The third-order valence-electron chi connectivity index (χ3n) is 5.11. The molecule has 26 heavy (non-hydrogen) atoms. The predicted molar refractivity (Wildman–Crippen MR) is 91.8 cm³/mol. The van der Waals surface area contributed by atoms with Crippen LogP contribution in [0.15, 0.2) is 30.5 Å². The molecule has 1 aromatic heterocycles. The van der Waals surface area contributed by atoms with Gasteiger partial charge in [-0.05, 0) is 50.5 Å². The lowest BCUT2D eigenvalue weighted by Crippen LogP contribution is -2.36. The van der Waals surface area contributed by atoms with E-state index >= 15 is 0 Å². The lowest BCUT2D eigenvalue weighted by Gasteiger charge is -2.25. The van der Waals surface area contributed by atoms with E-state index in [1.807, 2.05) is 24.7 Å². The van der Waals surface area contributed by atoms with Gasteiger partial charge >= 0.3 is 6.18 Å². The van der Waals surface area contributed by atoms with Crippen LogP contribution >= 0.6 is 0 Å². The highest BCUT2D eigenvalue weighted by atomic mass is 19.4. The summed E-state index contributed by atoms with van der Waals surface area (Å²) >= 11 is 0. The maximum Gasteiger partial charge on any atom is 0.416 e. The lowest BCUT2D eigenvalue weighted by molar-refractivity contribution is -0.137. The van der Waals surface area contributed by atoms with E-state index in [-0.39, 0.29) is 11.9 Å². The number of carbonyl (C=O) groups excluding carboxylic acids is 1. The number of amides is 1. The molecular formula is C19H22F3N3O. The molecule has 0 N–H and O–H groups in total. The van der Waals surface area contributed by atoms with Crippen LogP contribution in [0.5, 0.6) is 0 Å². The number of rotatable bonds is 4. The second-order valence-corrected chi connectivity index (χ2v) is 6.78. The van der Waals surface area contributed by atoms with Gasteiger partial charge in [0.25, 0.3) is 5.91 Å². The fraction of sp³-hybridized carbons (Fsp3) is 0.474. The van der Waals surface area contributed by atoms with Crippen molar-refractivity contribution in [1.82, 2.24) is 14.5 Å². The number of benzene rings is 1. The molecule has 1 aromatic carbocycles. The Morgan fingerprint density at radius 3 is 2.54 bits per heavy atom. The first-order valence-electron chi connectivity index (χ1n) is 8.73. The van der Waals surface area contributed by atoms with Gasteiger partial charge in [-0.1, -0.05) is 0 Å². The summed E-state index contributed by atoms with van der Waals surface area (Å²) in [5.41, 5.74) is 0.652. The van der Waals surface area contributed by atoms with Gasteiger partial charge in [0.1, 0.15) is 5.82 Å². The van der Waals surface area contributed by atoms with Crippen LogP contribution in [-0.4, -0.2) is 32.9 Å². The highest BCUT2D eigenvalue weighted by molar-refractivity contribution is 5.94. The van der Waals surface area contributed by atoms with Gasteiger partial charge in [0.2, 0.25) is 0 Å². The molecule has 3 rings (SSSR count). The molecule has 2 aromatic rings. The van der Waals surface area contributed by atoms with E-state index in [9.17, 15) is 18.0 Å². The number of nitrogens with zero attached hydrogens (tertiary/aromatic N) is 3. The first-order valence-corrected chi connectivity index (χ1v) is 8.73. The molecule has 0 bridgehead atoms. The Hall–Kier alpha value is -2.31. The van der Waals surface area contributed by atoms with Crippen LogP contribution < -0.4 is 0 Å². The Labute approximate surface area is 150 Å². The van der Waals surface area contributed by atoms with Crippen molar-refractivity contribution in [3.8, 4) is 0 Å². The molecule has 0 saturated carbocycles. The number of halogens is 3. The van der Waals surface area contributed by atoms with Gasteiger partial charge in [-0.15, -0.1) is 0 Å². The number of hydrogen-bond donors (Lipinski definition) is 0. The summed E-state index contributed by atoms with van der Waals surface area (Å²) in [6.07, 6.45) is 0.835. The van der Waals surface area contributed by atoms with Gasteiger partial charge in [-0.2, -0.15) is 13.2 Å². The Kier molecular flexibility index (Phi) is 5.07. The third-order valence-corrected chi connectivity index (χ3v) is 5.11. The standard InChI is InChI=1S/C19H22F3N3O/c1-13-12-23-17(24(13)2)10-9-16-4-3-11-25(16)18(26)14-5-7-15(8-6-14)19(20,21)22/h5-8,12,16H,3-4,9-11H2,1-2H3. The highest BCUT2D eigenvalue weighted by Gasteiger charge is 2.32. The zero-order chi connectivity index (χ0) is 18.9. The summed E-state index contributed by atoms with van der Waals surface area (Å²) in [4.78, 5) is 18.9. The van der Waals surface area contributed by atoms with Crippen molar-refractivity contribution in [2.24, 2.45) is 7.05 Å². The van der Waals surface area contributed by atoms with Crippen LogP contribution in [0.1, 0.15) is 46.7 Å². The Bertz CT molecular complexity index is 780. The number of aromatic nitrogens is 2. The quantitative estimate of drug-likeness (QED) is 0.822. The minimum Gasteiger partial charge on any atom is -0.336 e. The number of aryl methyl sites for hydroxylation is 2. The maximum atomic E-state index is 12.7.